The third-order valence-corrected chi connectivity index (χ3v) is 3.17. The standard InChI is InChI=1S/C12H17N/c1-8-4-5-12-11(6-8)10(3)9(2)7-13-12/h4-6,9-10,13H,7H2,1-3H3. The molecule has 0 radical (unpaired) electrons. The average molecular weight is 175 g/mol. The Bertz CT molecular complexity index is 317. The van der Waals surface area contributed by atoms with E-state index in [0.717, 1.165) is 12.5 Å². The molecule has 1 N–H and O–H groups in total. The predicted molar refractivity (Wildman–Crippen MR) is 57.2 cm³/mol. The summed E-state index contributed by atoms with van der Waals surface area (Å²) >= 11 is 0. The first kappa shape index (κ1) is 8.61. The quantitative estimate of drug-likeness (QED) is 0.638. The van der Waals surface area contributed by atoms with Crippen LogP contribution in [0, 0.1) is 12.8 Å². The summed E-state index contributed by atoms with van der Waals surface area (Å²) in [5, 5.41) is 3.47. The van der Waals surface area contributed by atoms with E-state index in [-0.39, 0.29) is 0 Å². The van der Waals surface area contributed by atoms with Gasteiger partial charge in [-0.25, -0.2) is 0 Å². The van der Waals surface area contributed by atoms with Crippen molar-refractivity contribution < 1.29 is 0 Å². The fraction of sp³-hybridized carbons (Fsp3) is 0.500. The molecule has 1 aromatic carbocycles. The molecule has 1 nitrogen and oxygen atoms in total. The average Bonchev–Trinajstić information content (AvgIpc) is 2.12. The molecule has 0 fully saturated rings. The summed E-state index contributed by atoms with van der Waals surface area (Å²) in [5.74, 6) is 1.44. The van der Waals surface area contributed by atoms with Crippen molar-refractivity contribution in [3.8, 4) is 0 Å². The molecule has 2 atom stereocenters. The van der Waals surface area contributed by atoms with Gasteiger partial charge in [-0.05, 0) is 30.4 Å². The second kappa shape index (κ2) is 3.06. The molecule has 1 aromatic rings. The van der Waals surface area contributed by atoms with Crippen LogP contribution < -0.4 is 5.32 Å². The van der Waals surface area contributed by atoms with E-state index >= 15 is 0 Å². The zero-order chi connectivity index (χ0) is 9.42. The summed E-state index contributed by atoms with van der Waals surface area (Å²) < 4.78 is 0. The number of hydrogen-bond acceptors (Lipinski definition) is 1. The number of fused-ring (bicyclic) bond motifs is 1. The summed E-state index contributed by atoms with van der Waals surface area (Å²) in [4.78, 5) is 0. The maximum atomic E-state index is 3.47. The van der Waals surface area contributed by atoms with Crippen LogP contribution in [0.1, 0.15) is 30.9 Å². The fourth-order valence-electron chi connectivity index (χ4n) is 1.97. The van der Waals surface area contributed by atoms with Gasteiger partial charge in [0.15, 0.2) is 0 Å². The van der Waals surface area contributed by atoms with Gasteiger partial charge in [0, 0.05) is 12.2 Å². The molecule has 0 spiro atoms. The number of hydrogen-bond donors (Lipinski definition) is 1. The second-order valence-corrected chi connectivity index (χ2v) is 4.24. The summed E-state index contributed by atoms with van der Waals surface area (Å²) in [6.07, 6.45) is 0. The summed E-state index contributed by atoms with van der Waals surface area (Å²) in [5.41, 5.74) is 4.18. The van der Waals surface area contributed by atoms with Crippen molar-refractivity contribution in [1.82, 2.24) is 0 Å². The van der Waals surface area contributed by atoms with Crippen molar-refractivity contribution in [1.29, 1.82) is 0 Å². The van der Waals surface area contributed by atoms with Gasteiger partial charge in [-0.2, -0.15) is 0 Å². The van der Waals surface area contributed by atoms with E-state index in [1.807, 2.05) is 0 Å². The minimum Gasteiger partial charge on any atom is -0.385 e. The number of aryl methyl sites for hydroxylation is 1. The van der Waals surface area contributed by atoms with Crippen molar-refractivity contribution >= 4 is 5.69 Å². The van der Waals surface area contributed by atoms with E-state index in [1.165, 1.54) is 16.8 Å². The Morgan fingerprint density at radius 2 is 2.08 bits per heavy atom. The second-order valence-electron chi connectivity index (χ2n) is 4.24. The van der Waals surface area contributed by atoms with Crippen LogP contribution in [0.25, 0.3) is 0 Å². The molecule has 2 unspecified atom stereocenters. The van der Waals surface area contributed by atoms with E-state index in [2.05, 4.69) is 44.3 Å². The van der Waals surface area contributed by atoms with E-state index in [4.69, 9.17) is 0 Å². The first-order valence-electron chi connectivity index (χ1n) is 5.03. The van der Waals surface area contributed by atoms with Gasteiger partial charge in [-0.3, -0.25) is 0 Å². The Morgan fingerprint density at radius 3 is 2.85 bits per heavy atom. The van der Waals surface area contributed by atoms with Crippen LogP contribution >= 0.6 is 0 Å². The molecule has 1 aliphatic rings. The zero-order valence-electron chi connectivity index (χ0n) is 8.59. The molecule has 1 heteroatoms. The summed E-state index contributed by atoms with van der Waals surface area (Å²) in [6.45, 7) is 7.90. The van der Waals surface area contributed by atoms with Gasteiger partial charge in [0.2, 0.25) is 0 Å². The molecule has 13 heavy (non-hydrogen) atoms. The van der Waals surface area contributed by atoms with E-state index in [0.29, 0.717) is 5.92 Å². The molecule has 70 valence electrons. The van der Waals surface area contributed by atoms with Gasteiger partial charge in [-0.1, -0.05) is 31.5 Å². The Hall–Kier alpha value is -0.980. The van der Waals surface area contributed by atoms with E-state index in [9.17, 15) is 0 Å². The number of benzene rings is 1. The summed E-state index contributed by atoms with van der Waals surface area (Å²) in [7, 11) is 0. The SMILES string of the molecule is Cc1ccc2c(c1)C(C)C(C)CN2. The highest BCUT2D eigenvalue weighted by atomic mass is 14.9. The lowest BCUT2D eigenvalue weighted by Gasteiger charge is -2.30. The highest BCUT2D eigenvalue weighted by molar-refractivity contribution is 5.56. The van der Waals surface area contributed by atoms with Crippen molar-refractivity contribution in [3.05, 3.63) is 29.3 Å². The van der Waals surface area contributed by atoms with Gasteiger partial charge in [0.25, 0.3) is 0 Å². The van der Waals surface area contributed by atoms with Gasteiger partial charge in [0.1, 0.15) is 0 Å². The fourth-order valence-corrected chi connectivity index (χ4v) is 1.97. The maximum absolute atomic E-state index is 3.47. The summed E-state index contributed by atoms with van der Waals surface area (Å²) in [6, 6.07) is 6.68. The lowest BCUT2D eigenvalue weighted by molar-refractivity contribution is 0.497. The Kier molecular flexibility index (Phi) is 2.03. The molecule has 0 amide bonds. The first-order chi connectivity index (χ1) is 6.18. The van der Waals surface area contributed by atoms with Crippen molar-refractivity contribution in [3.63, 3.8) is 0 Å². The van der Waals surface area contributed by atoms with Crippen LogP contribution in [-0.4, -0.2) is 6.54 Å². The van der Waals surface area contributed by atoms with Crippen molar-refractivity contribution in [2.75, 3.05) is 11.9 Å². The predicted octanol–water partition coefficient (Wildman–Crippen LogP) is 3.16. The molecule has 1 aliphatic heterocycles. The highest BCUT2D eigenvalue weighted by Gasteiger charge is 2.21. The highest BCUT2D eigenvalue weighted by Crippen LogP contribution is 2.34. The van der Waals surface area contributed by atoms with Crippen LogP contribution in [0.2, 0.25) is 0 Å². The third kappa shape index (κ3) is 1.43. The molecule has 0 saturated carbocycles. The largest absolute Gasteiger partial charge is 0.385 e. The minimum atomic E-state index is 0.691. The van der Waals surface area contributed by atoms with E-state index in [1.54, 1.807) is 0 Å². The topological polar surface area (TPSA) is 12.0 Å². The third-order valence-electron chi connectivity index (χ3n) is 3.17. The first-order valence-corrected chi connectivity index (χ1v) is 5.03. The normalized spacial score (nSPS) is 26.4. The monoisotopic (exact) mass is 175 g/mol. The van der Waals surface area contributed by atoms with E-state index < -0.39 is 0 Å². The van der Waals surface area contributed by atoms with Gasteiger partial charge in [-0.15, -0.1) is 0 Å². The lowest BCUT2D eigenvalue weighted by atomic mass is 9.84. The molecule has 1 heterocycles. The van der Waals surface area contributed by atoms with Crippen LogP contribution in [0.15, 0.2) is 18.2 Å². The molecule has 0 bridgehead atoms. The zero-order valence-corrected chi connectivity index (χ0v) is 8.59. The van der Waals surface area contributed by atoms with Gasteiger partial charge < -0.3 is 5.32 Å². The van der Waals surface area contributed by atoms with Crippen LogP contribution in [0.4, 0.5) is 5.69 Å². The van der Waals surface area contributed by atoms with Crippen LogP contribution in [0.5, 0.6) is 0 Å². The Balaban J connectivity index is 2.45. The Morgan fingerprint density at radius 1 is 1.31 bits per heavy atom. The lowest BCUT2D eigenvalue weighted by Crippen LogP contribution is -2.23. The molecule has 0 saturated heterocycles. The van der Waals surface area contributed by atoms with Crippen LogP contribution in [0.3, 0.4) is 0 Å². The van der Waals surface area contributed by atoms with Gasteiger partial charge in [0.05, 0.1) is 0 Å². The smallest absolute Gasteiger partial charge is 0.0375 e. The molecular formula is C12H17N. The van der Waals surface area contributed by atoms with Gasteiger partial charge >= 0.3 is 0 Å². The number of anilines is 1. The Labute approximate surface area is 80.2 Å². The maximum Gasteiger partial charge on any atom is 0.0375 e. The molecule has 0 aliphatic carbocycles. The molecular weight excluding hydrogens is 158 g/mol. The number of nitrogens with one attached hydrogen (secondary N) is 1. The number of rotatable bonds is 0. The van der Waals surface area contributed by atoms with Crippen molar-refractivity contribution in [2.45, 2.75) is 26.7 Å². The van der Waals surface area contributed by atoms with Crippen LogP contribution in [-0.2, 0) is 0 Å². The molecule has 2 rings (SSSR count). The van der Waals surface area contributed by atoms with Crippen molar-refractivity contribution in [2.24, 2.45) is 5.92 Å². The minimum absolute atomic E-state index is 0.691. The molecule has 0 aromatic heterocycles.